The third-order valence-corrected chi connectivity index (χ3v) is 3.38. The van der Waals surface area contributed by atoms with Crippen LogP contribution in [0.25, 0.3) is 0 Å². The van der Waals surface area contributed by atoms with Crippen molar-refractivity contribution < 1.29 is 9.90 Å². The summed E-state index contributed by atoms with van der Waals surface area (Å²) in [6.45, 7) is 4.86. The fourth-order valence-electron chi connectivity index (χ4n) is 1.74. The zero-order chi connectivity index (χ0) is 16.9. The predicted octanol–water partition coefficient (Wildman–Crippen LogP) is 4.23. The Morgan fingerprint density at radius 3 is 1.96 bits per heavy atom. The Morgan fingerprint density at radius 2 is 1.52 bits per heavy atom. The second-order valence-corrected chi connectivity index (χ2v) is 5.21. The fourth-order valence-corrected chi connectivity index (χ4v) is 1.92. The molecule has 0 aliphatic carbocycles. The van der Waals surface area contributed by atoms with Gasteiger partial charge in [-0.25, -0.2) is 4.79 Å². The number of hydrogen-bond acceptors (Lipinski definition) is 2. The van der Waals surface area contributed by atoms with Crippen molar-refractivity contribution in [3.8, 4) is 0 Å². The van der Waals surface area contributed by atoms with Crippen LogP contribution in [0, 0.1) is 0 Å². The van der Waals surface area contributed by atoms with Crippen molar-refractivity contribution in [1.29, 1.82) is 0 Å². The molecule has 2 rings (SSSR count). The first-order chi connectivity index (χ1) is 11.1. The molecule has 0 aromatic heterocycles. The molecule has 4 heteroatoms. The molecular weight excluding hydrogens is 310 g/mol. The van der Waals surface area contributed by atoms with Crippen molar-refractivity contribution in [3.63, 3.8) is 0 Å². The van der Waals surface area contributed by atoms with Crippen LogP contribution in [0.1, 0.15) is 17.5 Å². The first-order valence-electron chi connectivity index (χ1n) is 7.39. The lowest BCUT2D eigenvalue weighted by molar-refractivity contribution is -0.132. The number of alkyl halides is 1. The number of carboxylic acid groups (broad SMARTS) is 1. The van der Waals surface area contributed by atoms with Gasteiger partial charge in [-0.2, -0.15) is 0 Å². The Balaban J connectivity index is 0.000000277. The second-order valence-electron chi connectivity index (χ2n) is 4.94. The van der Waals surface area contributed by atoms with Gasteiger partial charge >= 0.3 is 5.97 Å². The Labute approximate surface area is 142 Å². The summed E-state index contributed by atoms with van der Waals surface area (Å²) >= 11 is 5.53. The van der Waals surface area contributed by atoms with Crippen molar-refractivity contribution in [2.24, 2.45) is 0 Å². The minimum absolute atomic E-state index is 0.246. The Kier molecular flexibility index (Phi) is 9.45. The highest BCUT2D eigenvalue weighted by molar-refractivity contribution is 6.17. The molecule has 122 valence electrons. The first-order valence-corrected chi connectivity index (χ1v) is 7.92. The van der Waals surface area contributed by atoms with Gasteiger partial charge < -0.3 is 10.4 Å². The second kappa shape index (κ2) is 11.5. The minimum atomic E-state index is -0.920. The van der Waals surface area contributed by atoms with E-state index in [1.54, 1.807) is 0 Å². The largest absolute Gasteiger partial charge is 0.478 e. The molecule has 0 aliphatic heterocycles. The average molecular weight is 332 g/mol. The molecule has 2 aromatic rings. The molecule has 0 amide bonds. The van der Waals surface area contributed by atoms with Crippen LogP contribution in [0.5, 0.6) is 0 Å². The number of nitrogens with one attached hydrogen (secondary N) is 1. The van der Waals surface area contributed by atoms with Gasteiger partial charge in [-0.05, 0) is 24.1 Å². The Morgan fingerprint density at radius 1 is 1.00 bits per heavy atom. The summed E-state index contributed by atoms with van der Waals surface area (Å²) in [4.78, 5) is 10.4. The topological polar surface area (TPSA) is 49.3 Å². The summed E-state index contributed by atoms with van der Waals surface area (Å²) in [7, 11) is 0. The van der Waals surface area contributed by atoms with Gasteiger partial charge in [0.05, 0.1) is 0 Å². The molecule has 3 nitrogen and oxygen atoms in total. The molecule has 0 aliphatic rings. The van der Waals surface area contributed by atoms with Crippen LogP contribution < -0.4 is 5.32 Å². The lowest BCUT2D eigenvalue weighted by Crippen LogP contribution is -2.16. The quantitative estimate of drug-likeness (QED) is 0.453. The maximum atomic E-state index is 10.4. The van der Waals surface area contributed by atoms with Gasteiger partial charge in [0.15, 0.2) is 0 Å². The van der Waals surface area contributed by atoms with Gasteiger partial charge in [-0.15, -0.1) is 11.6 Å². The minimum Gasteiger partial charge on any atom is -0.478 e. The van der Waals surface area contributed by atoms with Crippen LogP contribution in [-0.4, -0.2) is 17.6 Å². The van der Waals surface area contributed by atoms with Gasteiger partial charge in [0.25, 0.3) is 0 Å². The van der Waals surface area contributed by atoms with Crippen molar-refractivity contribution in [2.75, 3.05) is 6.54 Å². The normalized spacial score (nSPS) is 9.61. The third-order valence-electron chi connectivity index (χ3n) is 3.08. The third kappa shape index (κ3) is 8.81. The lowest BCUT2D eigenvalue weighted by atomic mass is 10.2. The number of benzene rings is 2. The predicted molar refractivity (Wildman–Crippen MR) is 95.5 cm³/mol. The van der Waals surface area contributed by atoms with Gasteiger partial charge in [0.1, 0.15) is 0 Å². The van der Waals surface area contributed by atoms with E-state index in [0.717, 1.165) is 6.54 Å². The number of carboxylic acids is 1. The molecule has 0 fully saturated rings. The van der Waals surface area contributed by atoms with Crippen molar-refractivity contribution >= 4 is 17.6 Å². The average Bonchev–Trinajstić information content (AvgIpc) is 2.60. The van der Waals surface area contributed by atoms with Crippen LogP contribution in [0.15, 0.2) is 72.8 Å². The molecule has 0 heterocycles. The molecule has 2 N–H and O–H groups in total. The zero-order valence-electron chi connectivity index (χ0n) is 13.0. The summed E-state index contributed by atoms with van der Waals surface area (Å²) < 4.78 is 0. The fraction of sp³-hybridized carbons (Fsp3) is 0.211. The Bertz CT molecular complexity index is 585. The number of rotatable bonds is 7. The monoisotopic (exact) mass is 331 g/mol. The first kappa shape index (κ1) is 18.9. The molecule has 0 bridgehead atoms. The summed E-state index contributed by atoms with van der Waals surface area (Å²) in [6, 6.07) is 19.9. The van der Waals surface area contributed by atoms with Crippen molar-refractivity contribution in [2.45, 2.75) is 18.8 Å². The van der Waals surface area contributed by atoms with E-state index in [1.165, 1.54) is 11.1 Å². The number of carbonyl (C=O) groups is 1. The van der Waals surface area contributed by atoms with Gasteiger partial charge in [0.2, 0.25) is 0 Å². The van der Waals surface area contributed by atoms with E-state index in [1.807, 2.05) is 60.7 Å². The maximum absolute atomic E-state index is 10.4. The van der Waals surface area contributed by atoms with E-state index in [-0.39, 0.29) is 5.57 Å². The standard InChI is InChI=1S/C12H15NO2.C7H7Cl/c1-10(12(14)15)7-8-13-9-11-5-3-2-4-6-11;8-6-7-4-2-1-3-5-7/h2-6,13H,1,7-9H2,(H,14,15);1-5H,6H2. The highest BCUT2D eigenvalue weighted by Crippen LogP contribution is 2.01. The summed E-state index contributed by atoms with van der Waals surface area (Å²) in [5.41, 5.74) is 2.61. The van der Waals surface area contributed by atoms with Crippen LogP contribution in [0.3, 0.4) is 0 Å². The Hall–Kier alpha value is -2.10. The van der Waals surface area contributed by atoms with E-state index in [0.29, 0.717) is 18.8 Å². The van der Waals surface area contributed by atoms with E-state index >= 15 is 0 Å². The smallest absolute Gasteiger partial charge is 0.330 e. The van der Waals surface area contributed by atoms with Gasteiger partial charge in [0, 0.05) is 18.0 Å². The van der Waals surface area contributed by atoms with Crippen molar-refractivity contribution in [1.82, 2.24) is 5.32 Å². The SMILES string of the molecule is C=C(CCNCc1ccccc1)C(=O)O.ClCc1ccccc1. The highest BCUT2D eigenvalue weighted by Gasteiger charge is 2.02. The summed E-state index contributed by atoms with van der Waals surface area (Å²) in [5.74, 6) is -0.308. The van der Waals surface area contributed by atoms with Crippen molar-refractivity contribution in [3.05, 3.63) is 83.9 Å². The molecule has 0 unspecified atom stereocenters. The van der Waals surface area contributed by atoms with Crippen LogP contribution in [-0.2, 0) is 17.2 Å². The van der Waals surface area contributed by atoms with Crippen LogP contribution in [0.2, 0.25) is 0 Å². The van der Waals surface area contributed by atoms with Gasteiger partial charge in [-0.1, -0.05) is 67.2 Å². The molecule has 0 atom stereocenters. The lowest BCUT2D eigenvalue weighted by Gasteiger charge is -2.04. The molecule has 23 heavy (non-hydrogen) atoms. The molecule has 0 saturated carbocycles. The maximum Gasteiger partial charge on any atom is 0.330 e. The molecule has 0 radical (unpaired) electrons. The highest BCUT2D eigenvalue weighted by atomic mass is 35.5. The van der Waals surface area contributed by atoms with Crippen LogP contribution >= 0.6 is 11.6 Å². The van der Waals surface area contributed by atoms with Crippen LogP contribution in [0.4, 0.5) is 0 Å². The van der Waals surface area contributed by atoms with E-state index in [4.69, 9.17) is 16.7 Å². The van der Waals surface area contributed by atoms with E-state index in [2.05, 4.69) is 11.9 Å². The number of halogens is 1. The molecular formula is C19H22ClNO2. The summed E-state index contributed by atoms with van der Waals surface area (Å²) in [6.07, 6.45) is 0.474. The van der Waals surface area contributed by atoms with E-state index < -0.39 is 5.97 Å². The van der Waals surface area contributed by atoms with E-state index in [9.17, 15) is 4.79 Å². The number of aliphatic carboxylic acids is 1. The summed E-state index contributed by atoms with van der Waals surface area (Å²) in [5, 5.41) is 11.7. The zero-order valence-corrected chi connectivity index (χ0v) is 13.8. The molecule has 2 aromatic carbocycles. The molecule has 0 spiro atoms. The number of hydrogen-bond donors (Lipinski definition) is 2. The van der Waals surface area contributed by atoms with Gasteiger partial charge in [-0.3, -0.25) is 0 Å². The molecule has 0 saturated heterocycles.